The molecule has 0 spiro atoms. The van der Waals surface area contributed by atoms with Crippen molar-refractivity contribution in [2.45, 2.75) is 52.9 Å². The third kappa shape index (κ3) is 10.5. The van der Waals surface area contributed by atoms with E-state index in [1.807, 2.05) is 19.3 Å². The second-order valence-electron chi connectivity index (χ2n) is 6.59. The average Bonchev–Trinajstić information content (AvgIpc) is 2.52. The zero-order valence-corrected chi connectivity index (χ0v) is 17.4. The molecule has 0 atom stereocenters. The zero-order valence-electron chi connectivity index (χ0n) is 15.1. The number of hydrogen-bond donors (Lipinski definition) is 2. The highest BCUT2D eigenvalue weighted by atomic mass is 127. The molecule has 0 aliphatic heterocycles. The van der Waals surface area contributed by atoms with Crippen LogP contribution in [0.1, 0.15) is 52.0 Å². The SMILES string of the molecule is CCCCCC(C)(C)CNC(=NC)NCCc1cccnc1.I. The molecule has 1 heterocycles. The van der Waals surface area contributed by atoms with Crippen molar-refractivity contribution >= 4 is 29.9 Å². The molecule has 2 N–H and O–H groups in total. The maximum absolute atomic E-state index is 4.30. The van der Waals surface area contributed by atoms with Crippen LogP contribution in [0.15, 0.2) is 29.5 Å². The van der Waals surface area contributed by atoms with Crippen molar-refractivity contribution in [1.82, 2.24) is 15.6 Å². The summed E-state index contributed by atoms with van der Waals surface area (Å²) < 4.78 is 0. The maximum atomic E-state index is 4.30. The van der Waals surface area contributed by atoms with Crippen molar-refractivity contribution in [3.63, 3.8) is 0 Å². The Morgan fingerprint density at radius 2 is 2.04 bits per heavy atom. The van der Waals surface area contributed by atoms with E-state index in [0.29, 0.717) is 5.41 Å². The van der Waals surface area contributed by atoms with E-state index in [1.54, 1.807) is 6.20 Å². The highest BCUT2D eigenvalue weighted by Gasteiger charge is 2.17. The lowest BCUT2D eigenvalue weighted by Crippen LogP contribution is -2.42. The monoisotopic (exact) mass is 432 g/mol. The van der Waals surface area contributed by atoms with E-state index < -0.39 is 0 Å². The Labute approximate surface area is 159 Å². The minimum Gasteiger partial charge on any atom is -0.356 e. The third-order valence-corrected chi connectivity index (χ3v) is 3.84. The van der Waals surface area contributed by atoms with E-state index in [9.17, 15) is 0 Å². The second-order valence-corrected chi connectivity index (χ2v) is 6.59. The van der Waals surface area contributed by atoms with Crippen molar-refractivity contribution < 1.29 is 0 Å². The molecule has 0 aliphatic rings. The summed E-state index contributed by atoms with van der Waals surface area (Å²) in [6, 6.07) is 4.07. The van der Waals surface area contributed by atoms with Crippen LogP contribution in [0.25, 0.3) is 0 Å². The van der Waals surface area contributed by atoms with Crippen molar-refractivity contribution in [3.05, 3.63) is 30.1 Å². The predicted molar refractivity (Wildman–Crippen MR) is 111 cm³/mol. The smallest absolute Gasteiger partial charge is 0.191 e. The molecule has 0 amide bonds. The van der Waals surface area contributed by atoms with Crippen LogP contribution in [0.4, 0.5) is 0 Å². The van der Waals surface area contributed by atoms with E-state index >= 15 is 0 Å². The minimum absolute atomic E-state index is 0. The first kappa shape index (κ1) is 22.1. The molecule has 0 fully saturated rings. The highest BCUT2D eigenvalue weighted by molar-refractivity contribution is 14.0. The Balaban J connectivity index is 0.00000484. The van der Waals surface area contributed by atoms with Crippen LogP contribution in [0.2, 0.25) is 0 Å². The third-order valence-electron chi connectivity index (χ3n) is 3.84. The van der Waals surface area contributed by atoms with Gasteiger partial charge in [0.25, 0.3) is 0 Å². The Morgan fingerprint density at radius 1 is 1.26 bits per heavy atom. The minimum atomic E-state index is 0. The molecule has 5 heteroatoms. The number of rotatable bonds is 9. The van der Waals surface area contributed by atoms with Crippen LogP contribution in [0, 0.1) is 5.41 Å². The van der Waals surface area contributed by atoms with E-state index in [4.69, 9.17) is 0 Å². The number of unbranched alkanes of at least 4 members (excludes halogenated alkanes) is 2. The molecule has 132 valence electrons. The zero-order chi connectivity index (χ0) is 16.3. The molecule has 0 aliphatic carbocycles. The van der Waals surface area contributed by atoms with E-state index in [0.717, 1.165) is 25.5 Å². The van der Waals surface area contributed by atoms with Gasteiger partial charge in [0.05, 0.1) is 0 Å². The van der Waals surface area contributed by atoms with Crippen LogP contribution in [0.3, 0.4) is 0 Å². The van der Waals surface area contributed by atoms with E-state index in [-0.39, 0.29) is 24.0 Å². The Hall–Kier alpha value is -0.850. The van der Waals surface area contributed by atoms with Crippen molar-refractivity contribution in [1.29, 1.82) is 0 Å². The van der Waals surface area contributed by atoms with Crippen molar-refractivity contribution in [2.75, 3.05) is 20.1 Å². The lowest BCUT2D eigenvalue weighted by Gasteiger charge is -2.26. The number of guanidine groups is 1. The van der Waals surface area contributed by atoms with Gasteiger partial charge < -0.3 is 10.6 Å². The number of pyridine rings is 1. The van der Waals surface area contributed by atoms with Gasteiger partial charge in [-0.3, -0.25) is 9.98 Å². The van der Waals surface area contributed by atoms with Gasteiger partial charge in [-0.25, -0.2) is 0 Å². The van der Waals surface area contributed by atoms with Gasteiger partial charge in [0.2, 0.25) is 0 Å². The summed E-state index contributed by atoms with van der Waals surface area (Å²) in [6.45, 7) is 8.70. The summed E-state index contributed by atoms with van der Waals surface area (Å²) >= 11 is 0. The van der Waals surface area contributed by atoms with Crippen LogP contribution in [-0.2, 0) is 6.42 Å². The molecule has 23 heavy (non-hydrogen) atoms. The fourth-order valence-corrected chi connectivity index (χ4v) is 2.36. The van der Waals surface area contributed by atoms with Crippen LogP contribution in [-0.4, -0.2) is 31.1 Å². The fourth-order valence-electron chi connectivity index (χ4n) is 2.36. The van der Waals surface area contributed by atoms with Gasteiger partial charge in [0, 0.05) is 32.5 Å². The standard InChI is InChI=1S/C18H32N4.HI/c1-5-6-7-11-18(2,3)15-22-17(19-4)21-13-10-16-9-8-12-20-14-16;/h8-9,12,14H,5-7,10-11,13,15H2,1-4H3,(H2,19,21,22);1H. The first-order valence-electron chi connectivity index (χ1n) is 8.41. The van der Waals surface area contributed by atoms with Crippen LogP contribution >= 0.6 is 24.0 Å². The average molecular weight is 432 g/mol. The Bertz CT molecular complexity index is 432. The molecule has 0 saturated carbocycles. The van der Waals surface area contributed by atoms with Gasteiger partial charge in [-0.2, -0.15) is 0 Å². The topological polar surface area (TPSA) is 49.3 Å². The summed E-state index contributed by atoms with van der Waals surface area (Å²) in [5.74, 6) is 0.882. The number of halogens is 1. The predicted octanol–water partition coefficient (Wildman–Crippen LogP) is 4.01. The van der Waals surface area contributed by atoms with Crippen LogP contribution < -0.4 is 10.6 Å². The largest absolute Gasteiger partial charge is 0.356 e. The van der Waals surface area contributed by atoms with Gasteiger partial charge in [-0.05, 0) is 29.9 Å². The van der Waals surface area contributed by atoms with Gasteiger partial charge in [0.15, 0.2) is 5.96 Å². The van der Waals surface area contributed by atoms with Crippen molar-refractivity contribution in [3.8, 4) is 0 Å². The molecule has 0 radical (unpaired) electrons. The number of nitrogens with one attached hydrogen (secondary N) is 2. The molecule has 0 bridgehead atoms. The number of nitrogens with zero attached hydrogens (tertiary/aromatic N) is 2. The summed E-state index contributed by atoms with van der Waals surface area (Å²) in [5, 5.41) is 6.82. The van der Waals surface area contributed by atoms with Gasteiger partial charge in [-0.15, -0.1) is 24.0 Å². The molecular weight excluding hydrogens is 399 g/mol. The second kappa shape index (κ2) is 12.6. The molecule has 0 saturated heterocycles. The fraction of sp³-hybridized carbons (Fsp3) is 0.667. The number of aliphatic imine (C=N–C) groups is 1. The summed E-state index contributed by atoms with van der Waals surface area (Å²) in [5.41, 5.74) is 1.54. The lowest BCUT2D eigenvalue weighted by atomic mass is 9.87. The van der Waals surface area contributed by atoms with Gasteiger partial charge in [0.1, 0.15) is 0 Å². The molecule has 0 unspecified atom stereocenters. The molecular formula is C18H33IN4. The molecule has 1 rings (SSSR count). The summed E-state index contributed by atoms with van der Waals surface area (Å²) in [6.07, 6.45) is 9.82. The number of aromatic nitrogens is 1. The Kier molecular flexibility index (Phi) is 12.1. The normalized spacial score (nSPS) is 11.7. The first-order valence-corrected chi connectivity index (χ1v) is 8.41. The molecule has 1 aromatic rings. The molecule has 1 aromatic heterocycles. The van der Waals surface area contributed by atoms with Crippen molar-refractivity contribution in [2.24, 2.45) is 10.4 Å². The quantitative estimate of drug-likeness (QED) is 0.268. The maximum Gasteiger partial charge on any atom is 0.191 e. The molecule has 0 aromatic carbocycles. The van der Waals surface area contributed by atoms with E-state index in [1.165, 1.54) is 31.2 Å². The first-order chi connectivity index (χ1) is 10.6. The summed E-state index contributed by atoms with van der Waals surface area (Å²) in [4.78, 5) is 8.43. The highest BCUT2D eigenvalue weighted by Crippen LogP contribution is 2.22. The van der Waals surface area contributed by atoms with Crippen LogP contribution in [0.5, 0.6) is 0 Å². The lowest BCUT2D eigenvalue weighted by molar-refractivity contribution is 0.318. The van der Waals surface area contributed by atoms with E-state index in [2.05, 4.69) is 47.4 Å². The molecule has 4 nitrogen and oxygen atoms in total. The Morgan fingerprint density at radius 3 is 2.65 bits per heavy atom. The summed E-state index contributed by atoms with van der Waals surface area (Å²) in [7, 11) is 1.82. The number of hydrogen-bond acceptors (Lipinski definition) is 2. The van der Waals surface area contributed by atoms with Gasteiger partial charge >= 0.3 is 0 Å². The van der Waals surface area contributed by atoms with Gasteiger partial charge in [-0.1, -0.05) is 46.1 Å².